The van der Waals surface area contributed by atoms with E-state index in [1.807, 2.05) is 6.07 Å². The molecule has 1 aromatic heterocycles. The molecule has 0 spiro atoms. The van der Waals surface area contributed by atoms with Crippen molar-refractivity contribution in [2.75, 3.05) is 19.6 Å². The molecule has 0 radical (unpaired) electrons. The molecule has 2 fully saturated rings. The number of benzene rings is 2. The third-order valence-corrected chi connectivity index (χ3v) is 7.82. The molecule has 3 heterocycles. The molecule has 202 valence electrons. The largest absolute Gasteiger partial charge is 0.416 e. The highest BCUT2D eigenvalue weighted by Gasteiger charge is 2.45. The quantitative estimate of drug-likeness (QED) is 0.219. The van der Waals surface area contributed by atoms with Crippen LogP contribution in [-0.2, 0) is 17.5 Å². The van der Waals surface area contributed by atoms with E-state index in [4.69, 9.17) is 16.9 Å². The summed E-state index contributed by atoms with van der Waals surface area (Å²) in [6, 6.07) is 9.72. The molecule has 3 aromatic rings. The number of piperidine rings is 1. The number of nitriles is 1. The van der Waals surface area contributed by atoms with Gasteiger partial charge in [-0.05, 0) is 59.7 Å². The number of aromatic nitrogens is 2. The van der Waals surface area contributed by atoms with E-state index in [0.29, 0.717) is 23.0 Å². The zero-order valence-electron chi connectivity index (χ0n) is 20.2. The van der Waals surface area contributed by atoms with Crippen molar-refractivity contribution in [1.29, 1.82) is 5.26 Å². The number of halogens is 5. The number of thioether (sulfide) groups is 1. The minimum Gasteiger partial charge on any atom is -0.288 e. The van der Waals surface area contributed by atoms with Gasteiger partial charge in [0.25, 0.3) is 11.1 Å². The molecule has 0 aliphatic carbocycles. The van der Waals surface area contributed by atoms with Crippen LogP contribution >= 0.6 is 23.4 Å². The molecule has 2 saturated heterocycles. The first-order valence-corrected chi connectivity index (χ1v) is 13.1. The first-order chi connectivity index (χ1) is 18.5. The van der Waals surface area contributed by atoms with Crippen LogP contribution in [0.1, 0.15) is 23.1 Å². The molecule has 2 amide bonds. The number of hydrogen-bond acceptors (Lipinski definition) is 6. The van der Waals surface area contributed by atoms with Gasteiger partial charge < -0.3 is 0 Å². The maximum absolute atomic E-state index is 14.8. The standard InChI is InChI=1S/C26H20ClF4N5O2S/c27-18-3-2-16(19(11-18)26(29,30)31)13-35-21-4-1-15(9-17(21)12-33-35)10-23-24(37)36(25(38)39-23)22-5-7-34(8-6-32)14-20(22)28/h1-4,9-12,20,22H,5,7-8,13-14H2/t20-,22-/m1/s1. The monoisotopic (exact) mass is 577 g/mol. The van der Waals surface area contributed by atoms with Gasteiger partial charge in [-0.2, -0.15) is 23.5 Å². The highest BCUT2D eigenvalue weighted by molar-refractivity contribution is 8.18. The molecule has 2 aliphatic heterocycles. The minimum absolute atomic E-state index is 0.0132. The van der Waals surface area contributed by atoms with Crippen molar-refractivity contribution < 1.29 is 27.2 Å². The van der Waals surface area contributed by atoms with E-state index < -0.39 is 35.1 Å². The van der Waals surface area contributed by atoms with Gasteiger partial charge in [0.15, 0.2) is 0 Å². The van der Waals surface area contributed by atoms with Crippen LogP contribution in [-0.4, -0.2) is 62.6 Å². The molecule has 0 N–H and O–H groups in total. The maximum atomic E-state index is 14.8. The fourth-order valence-corrected chi connectivity index (χ4v) is 5.90. The molecule has 2 aromatic carbocycles. The average Bonchev–Trinajstić information content (AvgIpc) is 3.39. The van der Waals surface area contributed by atoms with E-state index in [9.17, 15) is 27.2 Å². The lowest BCUT2D eigenvalue weighted by Gasteiger charge is -2.36. The van der Waals surface area contributed by atoms with E-state index in [1.165, 1.54) is 29.1 Å². The number of fused-ring (bicyclic) bond motifs is 1. The van der Waals surface area contributed by atoms with Crippen LogP contribution in [0.4, 0.5) is 22.4 Å². The topological polar surface area (TPSA) is 82.2 Å². The summed E-state index contributed by atoms with van der Waals surface area (Å²) in [4.78, 5) is 28.4. The molecular weight excluding hydrogens is 558 g/mol. The summed E-state index contributed by atoms with van der Waals surface area (Å²) in [6.07, 6.45) is -2.76. The van der Waals surface area contributed by atoms with Gasteiger partial charge in [0.05, 0.1) is 47.4 Å². The van der Waals surface area contributed by atoms with E-state index in [2.05, 4.69) is 5.10 Å². The minimum atomic E-state index is -4.57. The first kappa shape index (κ1) is 27.2. The van der Waals surface area contributed by atoms with Crippen molar-refractivity contribution in [3.8, 4) is 6.07 Å². The Hall–Kier alpha value is -3.40. The molecule has 0 bridgehead atoms. The zero-order chi connectivity index (χ0) is 27.9. The fourth-order valence-electron chi connectivity index (χ4n) is 4.84. The van der Waals surface area contributed by atoms with Gasteiger partial charge in [-0.1, -0.05) is 23.7 Å². The highest BCUT2D eigenvalue weighted by atomic mass is 35.5. The van der Waals surface area contributed by atoms with Gasteiger partial charge in [-0.3, -0.25) is 24.1 Å². The second-order valence-corrected chi connectivity index (χ2v) is 10.7. The van der Waals surface area contributed by atoms with Crippen LogP contribution in [0.15, 0.2) is 47.5 Å². The van der Waals surface area contributed by atoms with Gasteiger partial charge in [0, 0.05) is 23.5 Å². The molecule has 2 atom stereocenters. The highest BCUT2D eigenvalue weighted by Crippen LogP contribution is 2.37. The van der Waals surface area contributed by atoms with Crippen LogP contribution in [0.5, 0.6) is 0 Å². The lowest BCUT2D eigenvalue weighted by molar-refractivity contribution is -0.138. The Morgan fingerprint density at radius 1 is 1.21 bits per heavy atom. The molecule has 2 aliphatic rings. The number of nitrogens with zero attached hydrogens (tertiary/aromatic N) is 5. The Balaban J connectivity index is 1.36. The number of alkyl halides is 4. The lowest BCUT2D eigenvalue weighted by Crippen LogP contribution is -2.53. The number of carbonyl (C=O) groups excluding carboxylic acids is 2. The van der Waals surface area contributed by atoms with Crippen LogP contribution in [0.3, 0.4) is 0 Å². The van der Waals surface area contributed by atoms with Crippen molar-refractivity contribution in [3.05, 3.63) is 69.2 Å². The molecule has 13 heteroatoms. The van der Waals surface area contributed by atoms with Gasteiger partial charge in [-0.25, -0.2) is 4.39 Å². The third-order valence-electron chi connectivity index (χ3n) is 6.70. The Kier molecular flexibility index (Phi) is 7.41. The van der Waals surface area contributed by atoms with Crippen molar-refractivity contribution in [2.24, 2.45) is 0 Å². The number of likely N-dealkylation sites (tertiary alicyclic amines) is 1. The van der Waals surface area contributed by atoms with E-state index in [0.717, 1.165) is 22.7 Å². The summed E-state index contributed by atoms with van der Waals surface area (Å²) in [7, 11) is 0. The van der Waals surface area contributed by atoms with Crippen LogP contribution in [0.2, 0.25) is 5.02 Å². The first-order valence-electron chi connectivity index (χ1n) is 11.9. The van der Waals surface area contributed by atoms with Crippen molar-refractivity contribution >= 4 is 51.5 Å². The zero-order valence-corrected chi connectivity index (χ0v) is 21.7. The Bertz CT molecular complexity index is 1530. The molecule has 0 saturated carbocycles. The Morgan fingerprint density at radius 2 is 2.00 bits per heavy atom. The number of hydrogen-bond donors (Lipinski definition) is 0. The van der Waals surface area contributed by atoms with Gasteiger partial charge >= 0.3 is 6.18 Å². The number of amides is 2. The maximum Gasteiger partial charge on any atom is 0.416 e. The Labute approximate surface area is 229 Å². The smallest absolute Gasteiger partial charge is 0.288 e. The number of carbonyl (C=O) groups is 2. The van der Waals surface area contributed by atoms with Gasteiger partial charge in [0.2, 0.25) is 0 Å². The van der Waals surface area contributed by atoms with Crippen molar-refractivity contribution in [2.45, 2.75) is 31.4 Å². The van der Waals surface area contributed by atoms with Gasteiger partial charge in [-0.15, -0.1) is 0 Å². The number of imide groups is 1. The summed E-state index contributed by atoms with van der Waals surface area (Å²) in [5.74, 6) is -0.579. The van der Waals surface area contributed by atoms with Crippen molar-refractivity contribution in [3.63, 3.8) is 0 Å². The van der Waals surface area contributed by atoms with E-state index >= 15 is 0 Å². The second kappa shape index (κ2) is 10.6. The van der Waals surface area contributed by atoms with Crippen LogP contribution < -0.4 is 0 Å². The SMILES string of the molecule is N#CCN1CC[C@@H](N2C(=O)SC(=Cc3ccc4c(cnn4Cc4ccc(Cl)cc4C(F)(F)F)c3)C2=O)[C@H](F)C1. The molecule has 0 unspecified atom stereocenters. The normalized spacial score (nSPS) is 21.7. The predicted molar refractivity (Wildman–Crippen MR) is 138 cm³/mol. The molecular formula is C26H20ClF4N5O2S. The summed E-state index contributed by atoms with van der Waals surface area (Å²) < 4.78 is 56.8. The summed E-state index contributed by atoms with van der Waals surface area (Å²) in [6.45, 7) is 0.323. The van der Waals surface area contributed by atoms with Gasteiger partial charge in [0.1, 0.15) is 6.17 Å². The molecule has 7 nitrogen and oxygen atoms in total. The predicted octanol–water partition coefficient (Wildman–Crippen LogP) is 5.73. The summed E-state index contributed by atoms with van der Waals surface area (Å²) >= 11 is 6.50. The van der Waals surface area contributed by atoms with Crippen LogP contribution in [0.25, 0.3) is 17.0 Å². The van der Waals surface area contributed by atoms with E-state index in [1.54, 1.807) is 23.1 Å². The summed E-state index contributed by atoms with van der Waals surface area (Å²) in [5.41, 5.74) is 0.333. The lowest BCUT2D eigenvalue weighted by atomic mass is 10.0. The second-order valence-electron chi connectivity index (χ2n) is 9.24. The third kappa shape index (κ3) is 5.52. The number of rotatable bonds is 5. The molecule has 39 heavy (non-hydrogen) atoms. The summed E-state index contributed by atoms with van der Waals surface area (Å²) in [5, 5.41) is 13.1. The van der Waals surface area contributed by atoms with Crippen molar-refractivity contribution in [1.82, 2.24) is 19.6 Å². The molecule has 5 rings (SSSR count). The average molecular weight is 578 g/mol. The van der Waals surface area contributed by atoms with Crippen LogP contribution in [0, 0.1) is 11.3 Å². The van der Waals surface area contributed by atoms with E-state index in [-0.39, 0.29) is 41.5 Å². The fraction of sp³-hybridized carbons (Fsp3) is 0.308. The Morgan fingerprint density at radius 3 is 2.72 bits per heavy atom.